The van der Waals surface area contributed by atoms with Crippen LogP contribution in [-0.4, -0.2) is 54.3 Å². The van der Waals surface area contributed by atoms with Gasteiger partial charge in [-0.2, -0.15) is 0 Å². The lowest BCUT2D eigenvalue weighted by Crippen LogP contribution is -2.59. The van der Waals surface area contributed by atoms with Crippen LogP contribution in [0.15, 0.2) is 47.4 Å². The second kappa shape index (κ2) is 10.6. The van der Waals surface area contributed by atoms with Gasteiger partial charge in [0, 0.05) is 46.3 Å². The number of piperazine rings is 1. The molecule has 2 aromatic carbocycles. The van der Waals surface area contributed by atoms with Crippen molar-refractivity contribution >= 4 is 52.5 Å². The molecule has 1 saturated heterocycles. The molecule has 0 aliphatic carbocycles. The Morgan fingerprint density at radius 3 is 2.55 bits per heavy atom. The van der Waals surface area contributed by atoms with E-state index in [1.165, 1.54) is 11.8 Å². The number of thioether (sulfide) groups is 1. The molecule has 0 unspecified atom stereocenters. The minimum Gasteiger partial charge on any atom is -0.465 e. The summed E-state index contributed by atoms with van der Waals surface area (Å²) in [6.45, 7) is 7.62. The smallest absolute Gasteiger partial charge is 0.316 e. The summed E-state index contributed by atoms with van der Waals surface area (Å²) in [5.74, 6) is -0.154. The number of carbonyl (C=O) groups excluding carboxylic acids is 2. The fourth-order valence-corrected chi connectivity index (χ4v) is 4.95. The van der Waals surface area contributed by atoms with E-state index in [9.17, 15) is 9.59 Å². The summed E-state index contributed by atoms with van der Waals surface area (Å²) in [6.07, 6.45) is 0. The second-order valence-corrected chi connectivity index (χ2v) is 9.25. The zero-order valence-electron chi connectivity index (χ0n) is 17.8. The Labute approximate surface area is 197 Å². The number of halogens is 2. The molecule has 2 aromatic rings. The van der Waals surface area contributed by atoms with Crippen molar-refractivity contribution in [3.8, 4) is 0 Å². The summed E-state index contributed by atoms with van der Waals surface area (Å²) in [5.41, 5.74) is 1.60. The molecule has 1 aliphatic heterocycles. The lowest BCUT2D eigenvalue weighted by atomic mass is 10.0. The van der Waals surface area contributed by atoms with E-state index in [2.05, 4.69) is 18.7 Å². The molecule has 0 radical (unpaired) electrons. The minimum atomic E-state index is -0.288. The van der Waals surface area contributed by atoms with Gasteiger partial charge in [-0.3, -0.25) is 9.59 Å². The lowest BCUT2D eigenvalue weighted by molar-refractivity contribution is -0.139. The van der Waals surface area contributed by atoms with Gasteiger partial charge < -0.3 is 14.5 Å². The summed E-state index contributed by atoms with van der Waals surface area (Å²) in [4.78, 5) is 29.7. The van der Waals surface area contributed by atoms with Gasteiger partial charge >= 0.3 is 5.97 Å². The van der Waals surface area contributed by atoms with Crippen LogP contribution in [0.1, 0.15) is 31.1 Å². The van der Waals surface area contributed by atoms with Crippen LogP contribution >= 0.6 is 35.0 Å². The molecular formula is C23H26Cl2N2O3S. The monoisotopic (exact) mass is 480 g/mol. The molecule has 0 bridgehead atoms. The highest BCUT2D eigenvalue weighted by Gasteiger charge is 2.34. The van der Waals surface area contributed by atoms with E-state index >= 15 is 0 Å². The van der Waals surface area contributed by atoms with Crippen molar-refractivity contribution in [2.75, 3.05) is 30.3 Å². The van der Waals surface area contributed by atoms with Gasteiger partial charge in [-0.1, -0.05) is 29.3 Å². The molecule has 0 spiro atoms. The molecule has 166 valence electrons. The number of esters is 1. The third-order valence-electron chi connectivity index (χ3n) is 5.49. The van der Waals surface area contributed by atoms with Gasteiger partial charge in [0.25, 0.3) is 5.91 Å². The fourth-order valence-electron chi connectivity index (χ4n) is 3.71. The van der Waals surface area contributed by atoms with E-state index in [0.717, 1.165) is 17.1 Å². The Morgan fingerprint density at radius 1 is 1.10 bits per heavy atom. The van der Waals surface area contributed by atoms with Crippen molar-refractivity contribution in [3.05, 3.63) is 58.1 Å². The van der Waals surface area contributed by atoms with Crippen LogP contribution < -0.4 is 4.90 Å². The van der Waals surface area contributed by atoms with Gasteiger partial charge in [-0.25, -0.2) is 0 Å². The topological polar surface area (TPSA) is 49.9 Å². The van der Waals surface area contributed by atoms with Crippen molar-refractivity contribution in [2.45, 2.75) is 37.8 Å². The lowest BCUT2D eigenvalue weighted by Gasteiger charge is -2.46. The van der Waals surface area contributed by atoms with E-state index in [-0.39, 0.29) is 29.7 Å². The van der Waals surface area contributed by atoms with Crippen molar-refractivity contribution in [1.82, 2.24) is 4.90 Å². The number of rotatable bonds is 6. The summed E-state index contributed by atoms with van der Waals surface area (Å²) in [6, 6.07) is 13.2. The molecule has 0 saturated carbocycles. The van der Waals surface area contributed by atoms with Crippen LogP contribution in [0.4, 0.5) is 5.69 Å². The number of hydrogen-bond donors (Lipinski definition) is 0. The maximum atomic E-state index is 13.2. The number of benzene rings is 2. The molecule has 31 heavy (non-hydrogen) atoms. The van der Waals surface area contributed by atoms with E-state index in [1.807, 2.05) is 29.2 Å². The largest absolute Gasteiger partial charge is 0.465 e. The van der Waals surface area contributed by atoms with Gasteiger partial charge in [0.2, 0.25) is 0 Å². The Balaban J connectivity index is 1.69. The number of anilines is 1. The molecule has 0 aromatic heterocycles. The zero-order valence-corrected chi connectivity index (χ0v) is 20.1. The summed E-state index contributed by atoms with van der Waals surface area (Å²) >= 11 is 13.9. The van der Waals surface area contributed by atoms with E-state index in [1.54, 1.807) is 25.1 Å². The Hall–Kier alpha value is -1.89. The summed E-state index contributed by atoms with van der Waals surface area (Å²) < 4.78 is 4.94. The number of nitrogens with zero attached hydrogens (tertiary/aromatic N) is 2. The normalized spacial score (nSPS) is 18.7. The molecule has 5 nitrogen and oxygen atoms in total. The van der Waals surface area contributed by atoms with Crippen LogP contribution in [0.3, 0.4) is 0 Å². The second-order valence-electron chi connectivity index (χ2n) is 7.39. The van der Waals surface area contributed by atoms with Crippen LogP contribution in [0.25, 0.3) is 0 Å². The highest BCUT2D eigenvalue weighted by atomic mass is 35.5. The van der Waals surface area contributed by atoms with Gasteiger partial charge in [-0.15, -0.1) is 11.8 Å². The average molecular weight is 481 g/mol. The van der Waals surface area contributed by atoms with E-state index in [4.69, 9.17) is 27.9 Å². The Bertz CT molecular complexity index is 956. The van der Waals surface area contributed by atoms with Crippen LogP contribution in [-0.2, 0) is 9.53 Å². The first kappa shape index (κ1) is 23.8. The average Bonchev–Trinajstić information content (AvgIpc) is 2.74. The number of amides is 1. The van der Waals surface area contributed by atoms with Crippen LogP contribution in [0.2, 0.25) is 10.0 Å². The fraction of sp³-hybridized carbons (Fsp3) is 0.391. The third kappa shape index (κ3) is 5.68. The molecule has 8 heteroatoms. The van der Waals surface area contributed by atoms with E-state index in [0.29, 0.717) is 28.8 Å². The highest BCUT2D eigenvalue weighted by Crippen LogP contribution is 2.31. The van der Waals surface area contributed by atoms with E-state index < -0.39 is 0 Å². The first-order valence-electron chi connectivity index (χ1n) is 10.2. The first-order valence-corrected chi connectivity index (χ1v) is 12.0. The van der Waals surface area contributed by atoms with Crippen LogP contribution in [0, 0.1) is 0 Å². The molecule has 3 rings (SSSR count). The maximum Gasteiger partial charge on any atom is 0.316 e. The van der Waals surface area contributed by atoms with Crippen molar-refractivity contribution in [2.24, 2.45) is 0 Å². The Morgan fingerprint density at radius 2 is 1.87 bits per heavy atom. The zero-order chi connectivity index (χ0) is 22.5. The Kier molecular flexibility index (Phi) is 8.14. The predicted octanol–water partition coefficient (Wildman–Crippen LogP) is 5.39. The molecular weight excluding hydrogens is 455 g/mol. The third-order valence-corrected chi connectivity index (χ3v) is 7.20. The number of ether oxygens (including phenoxy) is 1. The standard InChI is InChI=1S/C23H26Cl2N2O3S/c1-4-30-22(28)14-31-21-9-8-17(12-20(21)25)23(29)27-11-10-26(15(2)16(27)3)19-7-5-6-18(24)13-19/h5-9,12-13,15-16H,4,10-11,14H2,1-3H3/t15-,16-/m0/s1. The SMILES string of the molecule is CCOC(=O)CSc1ccc(C(=O)N2CCN(c3cccc(Cl)c3)[C@@H](C)[C@@H]2C)cc1Cl. The molecule has 1 heterocycles. The van der Waals surface area contributed by atoms with Crippen molar-refractivity contribution in [1.29, 1.82) is 0 Å². The molecule has 1 aliphatic rings. The number of hydrogen-bond acceptors (Lipinski definition) is 5. The summed E-state index contributed by atoms with van der Waals surface area (Å²) in [7, 11) is 0. The highest BCUT2D eigenvalue weighted by molar-refractivity contribution is 8.00. The molecule has 2 atom stereocenters. The maximum absolute atomic E-state index is 13.2. The van der Waals surface area contributed by atoms with Crippen molar-refractivity contribution < 1.29 is 14.3 Å². The van der Waals surface area contributed by atoms with Crippen molar-refractivity contribution in [3.63, 3.8) is 0 Å². The van der Waals surface area contributed by atoms with Gasteiger partial charge in [0.15, 0.2) is 0 Å². The van der Waals surface area contributed by atoms with Crippen LogP contribution in [0.5, 0.6) is 0 Å². The van der Waals surface area contributed by atoms with Gasteiger partial charge in [-0.05, 0) is 57.2 Å². The number of carbonyl (C=O) groups is 2. The summed E-state index contributed by atoms with van der Waals surface area (Å²) in [5, 5.41) is 1.16. The minimum absolute atomic E-state index is 0.0110. The van der Waals surface area contributed by atoms with Gasteiger partial charge in [0.05, 0.1) is 17.4 Å². The molecule has 0 N–H and O–H groups in total. The first-order chi connectivity index (χ1) is 14.8. The molecule has 1 fully saturated rings. The predicted molar refractivity (Wildman–Crippen MR) is 128 cm³/mol. The molecule has 1 amide bonds. The quantitative estimate of drug-likeness (QED) is 0.409. The van der Waals surface area contributed by atoms with Gasteiger partial charge in [0.1, 0.15) is 0 Å².